The topological polar surface area (TPSA) is 60.4 Å². The molecule has 1 unspecified atom stereocenters. The highest BCUT2D eigenvalue weighted by Crippen LogP contribution is 2.29. The van der Waals surface area contributed by atoms with E-state index < -0.39 is 23.0 Å². The van der Waals surface area contributed by atoms with Gasteiger partial charge in [-0.1, -0.05) is 35.9 Å². The minimum atomic E-state index is -1.51. The second-order valence-electron chi connectivity index (χ2n) is 5.64. The summed E-state index contributed by atoms with van der Waals surface area (Å²) in [6.07, 6.45) is -0.138. The minimum Gasteiger partial charge on any atom is -0.606 e. The van der Waals surface area contributed by atoms with Crippen molar-refractivity contribution in [3.8, 4) is 11.1 Å². The lowest BCUT2D eigenvalue weighted by Gasteiger charge is -2.12. The molecular weight excluding hydrogens is 375 g/mol. The average Bonchev–Trinajstić information content (AvgIpc) is 2.61. The number of benzene rings is 3. The second-order valence-corrected chi connectivity index (χ2v) is 7.56. The van der Waals surface area contributed by atoms with Crippen molar-refractivity contribution in [3.05, 3.63) is 83.1 Å². The molecule has 132 valence electrons. The van der Waals surface area contributed by atoms with E-state index >= 15 is 0 Å². The molecule has 1 N–H and O–H groups in total. The molecule has 0 spiro atoms. The zero-order chi connectivity index (χ0) is 18.7. The van der Waals surface area contributed by atoms with Crippen LogP contribution in [0, 0.1) is 5.82 Å². The fraction of sp³-hybridized carbons (Fsp3) is 0.0500. The highest BCUT2D eigenvalue weighted by molar-refractivity contribution is 7.91. The maximum absolute atomic E-state index is 14.2. The Morgan fingerprint density at radius 3 is 2.42 bits per heavy atom. The predicted molar refractivity (Wildman–Crippen MR) is 99.3 cm³/mol. The molecule has 0 aromatic heterocycles. The Morgan fingerprint density at radius 2 is 1.73 bits per heavy atom. The Morgan fingerprint density at radius 1 is 1.04 bits per heavy atom. The first-order chi connectivity index (χ1) is 12.4. The van der Waals surface area contributed by atoms with Gasteiger partial charge in [0.2, 0.25) is 0 Å². The molecule has 0 heterocycles. The van der Waals surface area contributed by atoms with Gasteiger partial charge in [0.25, 0.3) is 0 Å². The summed E-state index contributed by atoms with van der Waals surface area (Å²) in [6, 6.07) is 17.8. The van der Waals surface area contributed by atoms with Gasteiger partial charge in [-0.2, -0.15) is 0 Å². The van der Waals surface area contributed by atoms with Crippen molar-refractivity contribution in [2.24, 2.45) is 0 Å². The molecule has 0 fully saturated rings. The number of carboxylic acid groups (broad SMARTS) is 1. The van der Waals surface area contributed by atoms with Gasteiger partial charge in [-0.3, -0.25) is 4.79 Å². The first-order valence-corrected chi connectivity index (χ1v) is 9.25. The van der Waals surface area contributed by atoms with Crippen molar-refractivity contribution in [1.29, 1.82) is 0 Å². The molecule has 0 saturated heterocycles. The van der Waals surface area contributed by atoms with E-state index in [0.717, 1.165) is 0 Å². The van der Waals surface area contributed by atoms with Gasteiger partial charge in [-0.15, -0.1) is 0 Å². The predicted octanol–water partition coefficient (Wildman–Crippen LogP) is 4.94. The third-order valence-electron chi connectivity index (χ3n) is 3.76. The summed E-state index contributed by atoms with van der Waals surface area (Å²) < 4.78 is 27.0. The third kappa shape index (κ3) is 4.25. The highest BCUT2D eigenvalue weighted by atomic mass is 35.5. The molecule has 3 rings (SSSR count). The smallest absolute Gasteiger partial charge is 0.307 e. The van der Waals surface area contributed by atoms with Gasteiger partial charge in [0.15, 0.2) is 9.79 Å². The number of carbonyl (C=O) groups is 1. The van der Waals surface area contributed by atoms with Crippen molar-refractivity contribution in [1.82, 2.24) is 0 Å². The second kappa shape index (κ2) is 7.91. The fourth-order valence-electron chi connectivity index (χ4n) is 2.58. The van der Waals surface area contributed by atoms with Gasteiger partial charge in [-0.25, -0.2) is 4.39 Å². The van der Waals surface area contributed by atoms with Gasteiger partial charge in [0.1, 0.15) is 5.82 Å². The van der Waals surface area contributed by atoms with Crippen molar-refractivity contribution in [3.63, 3.8) is 0 Å². The Labute approximate surface area is 158 Å². The van der Waals surface area contributed by atoms with Crippen LogP contribution in [0.5, 0.6) is 0 Å². The maximum atomic E-state index is 14.2. The Kier molecular flexibility index (Phi) is 5.61. The summed E-state index contributed by atoms with van der Waals surface area (Å²) in [5, 5.41) is 9.21. The van der Waals surface area contributed by atoms with Crippen molar-refractivity contribution in [2.45, 2.75) is 16.2 Å². The van der Waals surface area contributed by atoms with E-state index in [1.807, 2.05) is 0 Å². The lowest BCUT2D eigenvalue weighted by molar-refractivity contribution is -0.136. The van der Waals surface area contributed by atoms with Crippen LogP contribution < -0.4 is 0 Å². The summed E-state index contributed by atoms with van der Waals surface area (Å²) in [7, 11) is 0. The van der Waals surface area contributed by atoms with Crippen molar-refractivity contribution in [2.75, 3.05) is 0 Å². The number of rotatable bonds is 5. The van der Waals surface area contributed by atoms with Crippen LogP contribution in [0.3, 0.4) is 0 Å². The summed E-state index contributed by atoms with van der Waals surface area (Å²) >= 11 is 4.28. The molecule has 3 nitrogen and oxygen atoms in total. The van der Waals surface area contributed by atoms with Crippen LogP contribution >= 0.6 is 11.6 Å². The van der Waals surface area contributed by atoms with E-state index in [9.17, 15) is 13.7 Å². The molecule has 3 aromatic rings. The van der Waals surface area contributed by atoms with E-state index in [1.54, 1.807) is 60.7 Å². The molecule has 0 saturated carbocycles. The quantitative estimate of drug-likeness (QED) is 0.630. The normalized spacial score (nSPS) is 12.0. The van der Waals surface area contributed by atoms with Crippen LogP contribution in [0.25, 0.3) is 11.1 Å². The summed E-state index contributed by atoms with van der Waals surface area (Å²) in [5.74, 6) is -1.41. The maximum Gasteiger partial charge on any atom is 0.307 e. The van der Waals surface area contributed by atoms with E-state index in [-0.39, 0.29) is 6.42 Å². The number of carboxylic acids is 1. The fourth-order valence-corrected chi connectivity index (χ4v) is 3.91. The van der Waals surface area contributed by atoms with E-state index in [4.69, 9.17) is 16.7 Å². The van der Waals surface area contributed by atoms with Crippen LogP contribution in [0.15, 0.2) is 76.5 Å². The Hall–Kier alpha value is -2.34. The molecule has 0 radical (unpaired) electrons. The zero-order valence-electron chi connectivity index (χ0n) is 13.5. The minimum absolute atomic E-state index is 0.138. The zero-order valence-corrected chi connectivity index (χ0v) is 15.1. The lowest BCUT2D eigenvalue weighted by Crippen LogP contribution is -2.05. The third-order valence-corrected chi connectivity index (χ3v) is 5.36. The molecule has 0 aliphatic carbocycles. The van der Waals surface area contributed by atoms with Gasteiger partial charge in [0.05, 0.1) is 6.42 Å². The van der Waals surface area contributed by atoms with Crippen molar-refractivity contribution >= 4 is 28.7 Å². The summed E-state index contributed by atoms with van der Waals surface area (Å²) in [6.45, 7) is 0. The average molecular weight is 389 g/mol. The summed E-state index contributed by atoms with van der Waals surface area (Å²) in [5.41, 5.74) is 1.53. The largest absolute Gasteiger partial charge is 0.606 e. The standard InChI is InChI=1S/C20H14ClFO3S/c21-15-7-8-18(19(22)12-15)14-4-2-6-17(11-14)26(25)16-5-1-3-13(9-16)10-20(23)24/h1-9,11-12H,10H2,(H,23,24). The van der Waals surface area contributed by atoms with Gasteiger partial charge in [-0.05, 0) is 47.5 Å². The highest BCUT2D eigenvalue weighted by Gasteiger charge is 2.17. The molecule has 1 atom stereocenters. The number of aliphatic carboxylic acids is 1. The Balaban J connectivity index is 1.93. The number of hydrogen-bond acceptors (Lipinski definition) is 2. The number of halogens is 2. The van der Waals surface area contributed by atoms with Gasteiger partial charge in [0, 0.05) is 27.8 Å². The monoisotopic (exact) mass is 388 g/mol. The molecule has 0 bridgehead atoms. The molecule has 0 amide bonds. The van der Waals surface area contributed by atoms with Gasteiger partial charge >= 0.3 is 5.97 Å². The molecule has 26 heavy (non-hydrogen) atoms. The first kappa shape index (κ1) is 18.5. The first-order valence-electron chi connectivity index (χ1n) is 7.72. The van der Waals surface area contributed by atoms with E-state index in [0.29, 0.717) is 31.5 Å². The van der Waals surface area contributed by atoms with E-state index in [2.05, 4.69) is 0 Å². The van der Waals surface area contributed by atoms with E-state index in [1.165, 1.54) is 6.07 Å². The lowest BCUT2D eigenvalue weighted by atomic mass is 10.1. The molecule has 0 aliphatic rings. The van der Waals surface area contributed by atoms with Crippen LogP contribution in [0.1, 0.15) is 5.56 Å². The molecular formula is C20H14ClFO3S. The number of hydrogen-bond donors (Lipinski definition) is 1. The molecule has 3 aromatic carbocycles. The van der Waals surface area contributed by atoms with Crippen LogP contribution in [-0.4, -0.2) is 15.6 Å². The van der Waals surface area contributed by atoms with Gasteiger partial charge < -0.3 is 9.66 Å². The SMILES string of the molecule is O=C(O)Cc1cccc([S+]([O-])c2cccc(-c3ccc(Cl)cc3F)c2)c1. The van der Waals surface area contributed by atoms with Crippen LogP contribution in [0.2, 0.25) is 5.02 Å². The van der Waals surface area contributed by atoms with Crippen LogP contribution in [0.4, 0.5) is 4.39 Å². The molecule has 0 aliphatic heterocycles. The van der Waals surface area contributed by atoms with Crippen molar-refractivity contribution < 1.29 is 18.8 Å². The molecule has 6 heteroatoms. The van der Waals surface area contributed by atoms with Crippen LogP contribution in [-0.2, 0) is 22.4 Å². The summed E-state index contributed by atoms with van der Waals surface area (Å²) in [4.78, 5) is 11.9. The Bertz CT molecular complexity index is 961.